The molecule has 7 heteroatoms. The van der Waals surface area contributed by atoms with Crippen molar-refractivity contribution in [3.05, 3.63) is 65.5 Å². The van der Waals surface area contributed by atoms with Crippen LogP contribution in [0.4, 0.5) is 0 Å². The minimum Gasteiger partial charge on any atom is -0.504 e. The minimum absolute atomic E-state index is 0.254. The van der Waals surface area contributed by atoms with Crippen LogP contribution in [-0.4, -0.2) is 44.5 Å². The van der Waals surface area contributed by atoms with Gasteiger partial charge in [0.2, 0.25) is 0 Å². The number of phenolic OH excluding ortho intramolecular Hbond substituents is 1. The highest BCUT2D eigenvalue weighted by Crippen LogP contribution is 2.33. The SMILES string of the molecule is CCOc1cccc(CN2CCC[C@H](c3nnc(SCc4ccccc4)n3C)C2)c1O. The number of aromatic hydroxyl groups is 1. The highest BCUT2D eigenvalue weighted by atomic mass is 32.2. The maximum absolute atomic E-state index is 10.6. The average molecular weight is 439 g/mol. The van der Waals surface area contributed by atoms with Crippen molar-refractivity contribution in [2.45, 2.75) is 43.1 Å². The molecule has 0 radical (unpaired) electrons. The molecule has 3 aromatic rings. The molecule has 1 aliphatic rings. The maximum atomic E-state index is 10.6. The molecule has 1 fully saturated rings. The van der Waals surface area contributed by atoms with Crippen LogP contribution in [0.15, 0.2) is 53.7 Å². The zero-order chi connectivity index (χ0) is 21.6. The van der Waals surface area contributed by atoms with Crippen LogP contribution >= 0.6 is 11.8 Å². The molecule has 1 aliphatic heterocycles. The molecule has 2 heterocycles. The van der Waals surface area contributed by atoms with Crippen LogP contribution in [0.1, 0.15) is 42.6 Å². The molecule has 4 rings (SSSR count). The lowest BCUT2D eigenvalue weighted by molar-refractivity contribution is 0.192. The molecule has 1 atom stereocenters. The molecule has 1 N–H and O–H groups in total. The molecule has 1 saturated heterocycles. The molecule has 164 valence electrons. The van der Waals surface area contributed by atoms with Crippen LogP contribution in [0.5, 0.6) is 11.5 Å². The van der Waals surface area contributed by atoms with Gasteiger partial charge in [0, 0.05) is 37.4 Å². The van der Waals surface area contributed by atoms with Crippen molar-refractivity contribution >= 4 is 11.8 Å². The molecule has 0 bridgehead atoms. The van der Waals surface area contributed by atoms with E-state index in [-0.39, 0.29) is 5.75 Å². The third-order valence-electron chi connectivity index (χ3n) is 5.73. The first kappa shape index (κ1) is 21.7. The van der Waals surface area contributed by atoms with Crippen LogP contribution in [-0.2, 0) is 19.3 Å². The Morgan fingerprint density at radius 1 is 1.13 bits per heavy atom. The Morgan fingerprint density at radius 2 is 1.97 bits per heavy atom. The van der Waals surface area contributed by atoms with Crippen LogP contribution in [0, 0.1) is 0 Å². The summed E-state index contributed by atoms with van der Waals surface area (Å²) in [6.45, 7) is 5.10. The summed E-state index contributed by atoms with van der Waals surface area (Å²) >= 11 is 1.73. The summed E-state index contributed by atoms with van der Waals surface area (Å²) in [6.07, 6.45) is 2.22. The van der Waals surface area contributed by atoms with Crippen molar-refractivity contribution in [3.63, 3.8) is 0 Å². The van der Waals surface area contributed by atoms with Gasteiger partial charge in [0.15, 0.2) is 16.7 Å². The summed E-state index contributed by atoms with van der Waals surface area (Å²) in [5.74, 6) is 3.09. The summed E-state index contributed by atoms with van der Waals surface area (Å²) in [4.78, 5) is 2.39. The summed E-state index contributed by atoms with van der Waals surface area (Å²) in [7, 11) is 2.07. The second-order valence-electron chi connectivity index (χ2n) is 7.95. The van der Waals surface area contributed by atoms with Crippen molar-refractivity contribution in [1.29, 1.82) is 0 Å². The van der Waals surface area contributed by atoms with Gasteiger partial charge in [0.05, 0.1) is 6.61 Å². The lowest BCUT2D eigenvalue weighted by Gasteiger charge is -2.32. The third kappa shape index (κ3) is 5.22. The fourth-order valence-corrected chi connectivity index (χ4v) is 5.02. The van der Waals surface area contributed by atoms with Crippen molar-refractivity contribution in [3.8, 4) is 11.5 Å². The van der Waals surface area contributed by atoms with E-state index < -0.39 is 0 Å². The highest BCUT2D eigenvalue weighted by molar-refractivity contribution is 7.98. The van der Waals surface area contributed by atoms with E-state index in [0.29, 0.717) is 24.8 Å². The number of aromatic nitrogens is 3. The quantitative estimate of drug-likeness (QED) is 0.519. The number of ether oxygens (including phenoxy) is 1. The number of thioether (sulfide) groups is 1. The van der Waals surface area contributed by atoms with E-state index >= 15 is 0 Å². The molecule has 0 saturated carbocycles. The number of rotatable bonds is 8. The number of piperidine rings is 1. The highest BCUT2D eigenvalue weighted by Gasteiger charge is 2.26. The van der Waals surface area contributed by atoms with Gasteiger partial charge in [-0.2, -0.15) is 0 Å². The first-order valence-corrected chi connectivity index (χ1v) is 11.9. The molecule has 31 heavy (non-hydrogen) atoms. The smallest absolute Gasteiger partial charge is 0.191 e. The molecule has 2 aromatic carbocycles. The van der Waals surface area contributed by atoms with Crippen LogP contribution in [0.2, 0.25) is 0 Å². The van der Waals surface area contributed by atoms with Gasteiger partial charge in [-0.05, 0) is 37.9 Å². The standard InChI is InChI=1S/C24H30N4O2S/c1-3-30-21-13-7-11-19(22(21)29)15-28-14-8-12-20(16-28)23-25-26-24(27(23)2)31-17-18-9-5-4-6-10-18/h4-7,9-11,13,20,29H,3,8,12,14-17H2,1-2H3/t20-/m0/s1. The first-order chi connectivity index (χ1) is 15.2. The lowest BCUT2D eigenvalue weighted by Crippen LogP contribution is -2.34. The largest absolute Gasteiger partial charge is 0.504 e. The number of likely N-dealkylation sites (tertiary alicyclic amines) is 1. The van der Waals surface area contributed by atoms with E-state index in [1.807, 2.05) is 31.2 Å². The number of hydrogen-bond acceptors (Lipinski definition) is 6. The fraction of sp³-hybridized carbons (Fsp3) is 0.417. The normalized spacial score (nSPS) is 17.0. The van der Waals surface area contributed by atoms with Crippen LogP contribution in [0.25, 0.3) is 0 Å². The Labute approximate surface area is 188 Å². The first-order valence-electron chi connectivity index (χ1n) is 10.9. The van der Waals surface area contributed by atoms with E-state index in [1.54, 1.807) is 11.8 Å². The molecular weight excluding hydrogens is 408 g/mol. The summed E-state index contributed by atoms with van der Waals surface area (Å²) < 4.78 is 7.69. The molecule has 0 aliphatic carbocycles. The Kier molecular flexibility index (Phi) is 7.14. The number of para-hydroxylation sites is 1. The van der Waals surface area contributed by atoms with Gasteiger partial charge in [-0.25, -0.2) is 0 Å². The van der Waals surface area contributed by atoms with E-state index in [4.69, 9.17) is 4.74 Å². The topological polar surface area (TPSA) is 63.4 Å². The zero-order valence-electron chi connectivity index (χ0n) is 18.2. The van der Waals surface area contributed by atoms with Gasteiger partial charge in [-0.1, -0.05) is 54.2 Å². The van der Waals surface area contributed by atoms with Crippen molar-refractivity contribution in [2.75, 3.05) is 19.7 Å². The summed E-state index contributed by atoms with van der Waals surface area (Å²) in [5, 5.41) is 20.5. The van der Waals surface area contributed by atoms with Gasteiger partial charge >= 0.3 is 0 Å². The second-order valence-corrected chi connectivity index (χ2v) is 8.89. The number of nitrogens with zero attached hydrogens (tertiary/aromatic N) is 4. The van der Waals surface area contributed by atoms with Gasteiger partial charge < -0.3 is 14.4 Å². The third-order valence-corrected chi connectivity index (χ3v) is 6.82. The molecule has 0 amide bonds. The van der Waals surface area contributed by atoms with E-state index in [9.17, 15) is 5.11 Å². The Balaban J connectivity index is 1.41. The van der Waals surface area contributed by atoms with Gasteiger partial charge in [-0.3, -0.25) is 4.90 Å². The van der Waals surface area contributed by atoms with E-state index in [0.717, 1.165) is 48.2 Å². The Morgan fingerprint density at radius 3 is 2.77 bits per heavy atom. The fourth-order valence-electron chi connectivity index (χ4n) is 4.15. The van der Waals surface area contributed by atoms with Crippen molar-refractivity contribution in [1.82, 2.24) is 19.7 Å². The predicted octanol–water partition coefficient (Wildman–Crippen LogP) is 4.59. The minimum atomic E-state index is 0.254. The Bertz CT molecular complexity index is 992. The number of benzene rings is 2. The molecular formula is C24H30N4O2S. The number of hydrogen-bond donors (Lipinski definition) is 1. The van der Waals surface area contributed by atoms with Gasteiger partial charge in [0.1, 0.15) is 5.82 Å². The van der Waals surface area contributed by atoms with Crippen molar-refractivity contribution < 1.29 is 9.84 Å². The second kappa shape index (κ2) is 10.2. The molecule has 6 nitrogen and oxygen atoms in total. The van der Waals surface area contributed by atoms with E-state index in [2.05, 4.69) is 51.0 Å². The predicted molar refractivity (Wildman–Crippen MR) is 124 cm³/mol. The van der Waals surface area contributed by atoms with Gasteiger partial charge in [-0.15, -0.1) is 10.2 Å². The lowest BCUT2D eigenvalue weighted by atomic mass is 9.96. The van der Waals surface area contributed by atoms with Crippen LogP contribution < -0.4 is 4.74 Å². The molecule has 0 unspecified atom stereocenters. The number of phenols is 1. The average Bonchev–Trinajstić information content (AvgIpc) is 3.16. The molecule has 0 spiro atoms. The van der Waals surface area contributed by atoms with E-state index in [1.165, 1.54) is 5.56 Å². The van der Waals surface area contributed by atoms with Gasteiger partial charge in [0.25, 0.3) is 0 Å². The zero-order valence-corrected chi connectivity index (χ0v) is 19.0. The summed E-state index contributed by atoms with van der Waals surface area (Å²) in [6, 6.07) is 16.2. The van der Waals surface area contributed by atoms with Crippen molar-refractivity contribution in [2.24, 2.45) is 7.05 Å². The Hall–Kier alpha value is -2.51. The summed E-state index contributed by atoms with van der Waals surface area (Å²) in [5.41, 5.74) is 2.19. The maximum Gasteiger partial charge on any atom is 0.191 e. The van der Waals surface area contributed by atoms with Crippen LogP contribution in [0.3, 0.4) is 0 Å². The monoisotopic (exact) mass is 438 g/mol. The molecule has 1 aromatic heterocycles.